The lowest BCUT2D eigenvalue weighted by Gasteiger charge is -2.08. The molecule has 0 saturated carbocycles. The van der Waals surface area contributed by atoms with Crippen LogP contribution in [0.2, 0.25) is 0 Å². The van der Waals surface area contributed by atoms with E-state index in [1.54, 1.807) is 6.07 Å². The molecular formula is C8H10F3NO. The van der Waals surface area contributed by atoms with Gasteiger partial charge in [0.15, 0.2) is 6.10 Å². The van der Waals surface area contributed by atoms with Gasteiger partial charge in [-0.3, -0.25) is 0 Å². The van der Waals surface area contributed by atoms with Crippen molar-refractivity contribution < 1.29 is 17.9 Å². The summed E-state index contributed by atoms with van der Waals surface area (Å²) in [5.41, 5.74) is 0. The standard InChI is InChI=1S/C8H10F3NO/c1-2-3-4-6(5-12)13-8(11)7(9)10/h6H,2-4H2,1H3. The van der Waals surface area contributed by atoms with Crippen molar-refractivity contribution in [2.24, 2.45) is 0 Å². The van der Waals surface area contributed by atoms with Gasteiger partial charge in [-0.05, 0) is 12.8 Å². The van der Waals surface area contributed by atoms with Crippen LogP contribution in [0, 0.1) is 11.3 Å². The smallest absolute Gasteiger partial charge is 0.342 e. The third-order valence-electron chi connectivity index (χ3n) is 1.36. The molecule has 0 aromatic rings. The maximum Gasteiger partial charge on any atom is 0.342 e. The summed E-state index contributed by atoms with van der Waals surface area (Å²) in [5, 5.41) is 8.37. The summed E-state index contributed by atoms with van der Waals surface area (Å²) < 4.78 is 39.2. The highest BCUT2D eigenvalue weighted by Gasteiger charge is 2.14. The van der Waals surface area contributed by atoms with E-state index in [0.717, 1.165) is 6.42 Å². The van der Waals surface area contributed by atoms with Gasteiger partial charge in [0.25, 0.3) is 0 Å². The van der Waals surface area contributed by atoms with Crippen molar-refractivity contribution in [1.29, 1.82) is 5.26 Å². The number of nitriles is 1. The number of hydrogen-bond acceptors (Lipinski definition) is 2. The van der Waals surface area contributed by atoms with Crippen LogP contribution in [0.3, 0.4) is 0 Å². The number of rotatable bonds is 5. The van der Waals surface area contributed by atoms with Gasteiger partial charge in [0.05, 0.1) is 0 Å². The van der Waals surface area contributed by atoms with E-state index in [2.05, 4.69) is 4.74 Å². The van der Waals surface area contributed by atoms with E-state index in [0.29, 0.717) is 6.42 Å². The van der Waals surface area contributed by atoms with Gasteiger partial charge in [-0.1, -0.05) is 13.3 Å². The molecular weight excluding hydrogens is 183 g/mol. The van der Waals surface area contributed by atoms with Crippen molar-refractivity contribution >= 4 is 0 Å². The van der Waals surface area contributed by atoms with Crippen LogP contribution in [0.25, 0.3) is 0 Å². The molecule has 0 radical (unpaired) electrons. The summed E-state index contributed by atoms with van der Waals surface area (Å²) in [4.78, 5) is 0. The van der Waals surface area contributed by atoms with Crippen LogP contribution in [0.15, 0.2) is 12.1 Å². The van der Waals surface area contributed by atoms with Crippen molar-refractivity contribution in [3.8, 4) is 6.07 Å². The molecule has 0 fully saturated rings. The molecule has 1 atom stereocenters. The first-order chi connectivity index (χ1) is 6.11. The molecule has 0 aliphatic heterocycles. The molecule has 0 aromatic carbocycles. The van der Waals surface area contributed by atoms with Crippen molar-refractivity contribution in [3.63, 3.8) is 0 Å². The summed E-state index contributed by atoms with van der Waals surface area (Å²) in [6, 6.07) is -0.363. The van der Waals surface area contributed by atoms with E-state index in [9.17, 15) is 13.2 Å². The molecule has 0 amide bonds. The van der Waals surface area contributed by atoms with Crippen LogP contribution < -0.4 is 0 Å². The number of nitrogens with zero attached hydrogens (tertiary/aromatic N) is 1. The summed E-state index contributed by atoms with van der Waals surface area (Å²) in [6.45, 7) is 1.87. The maximum atomic E-state index is 12.1. The maximum absolute atomic E-state index is 12.1. The van der Waals surface area contributed by atoms with Crippen LogP contribution in [-0.4, -0.2) is 6.10 Å². The largest absolute Gasteiger partial charge is 0.448 e. The molecule has 0 N–H and O–H groups in total. The van der Waals surface area contributed by atoms with Crippen molar-refractivity contribution in [2.75, 3.05) is 0 Å². The molecule has 5 heteroatoms. The topological polar surface area (TPSA) is 33.0 Å². The lowest BCUT2D eigenvalue weighted by molar-refractivity contribution is 0.0774. The van der Waals surface area contributed by atoms with E-state index < -0.39 is 18.2 Å². The van der Waals surface area contributed by atoms with Crippen molar-refractivity contribution in [2.45, 2.75) is 32.3 Å². The molecule has 1 unspecified atom stereocenters. The fourth-order valence-electron chi connectivity index (χ4n) is 0.709. The van der Waals surface area contributed by atoms with Crippen LogP contribution in [0.1, 0.15) is 26.2 Å². The van der Waals surface area contributed by atoms with E-state index >= 15 is 0 Å². The zero-order chi connectivity index (χ0) is 10.3. The molecule has 0 rings (SSSR count). The van der Waals surface area contributed by atoms with E-state index in [1.165, 1.54) is 0 Å². The highest BCUT2D eigenvalue weighted by Crippen LogP contribution is 2.15. The number of hydrogen-bond donors (Lipinski definition) is 0. The highest BCUT2D eigenvalue weighted by atomic mass is 19.3. The van der Waals surface area contributed by atoms with Gasteiger partial charge in [0, 0.05) is 0 Å². The Labute approximate surface area is 74.6 Å². The van der Waals surface area contributed by atoms with Gasteiger partial charge < -0.3 is 4.74 Å². The monoisotopic (exact) mass is 193 g/mol. The normalized spacial score (nSPS) is 11.6. The second-order valence-electron chi connectivity index (χ2n) is 2.41. The number of ether oxygens (including phenoxy) is 1. The number of unbranched alkanes of at least 4 members (excludes halogenated alkanes) is 1. The minimum atomic E-state index is -2.53. The fourth-order valence-corrected chi connectivity index (χ4v) is 0.709. The van der Waals surface area contributed by atoms with E-state index in [4.69, 9.17) is 5.26 Å². The molecule has 0 aliphatic carbocycles. The quantitative estimate of drug-likeness (QED) is 0.628. The third-order valence-corrected chi connectivity index (χ3v) is 1.36. The SMILES string of the molecule is CCCCC(C#N)OC(F)=C(F)F. The van der Waals surface area contributed by atoms with Crippen LogP contribution in [0.4, 0.5) is 13.2 Å². The van der Waals surface area contributed by atoms with Crippen molar-refractivity contribution in [3.05, 3.63) is 12.1 Å². The van der Waals surface area contributed by atoms with Crippen LogP contribution in [0.5, 0.6) is 0 Å². The predicted octanol–water partition coefficient (Wildman–Crippen LogP) is 3.12. The average Bonchev–Trinajstić information content (AvgIpc) is 2.11. The summed E-state index contributed by atoms with van der Waals surface area (Å²) in [7, 11) is 0. The molecule has 0 spiro atoms. The third kappa shape index (κ3) is 5.12. The molecule has 0 aliphatic rings. The highest BCUT2D eigenvalue weighted by molar-refractivity contribution is 4.90. The molecule has 0 bridgehead atoms. The molecule has 0 heterocycles. The second-order valence-corrected chi connectivity index (χ2v) is 2.41. The number of halogens is 3. The molecule has 74 valence electrons. The first kappa shape index (κ1) is 11.8. The lowest BCUT2D eigenvalue weighted by Crippen LogP contribution is -2.08. The minimum absolute atomic E-state index is 0.258. The Morgan fingerprint density at radius 1 is 1.46 bits per heavy atom. The summed E-state index contributed by atoms with van der Waals surface area (Å²) >= 11 is 0. The second kappa shape index (κ2) is 6.35. The Kier molecular flexibility index (Phi) is 5.77. The van der Waals surface area contributed by atoms with E-state index in [-0.39, 0.29) is 6.42 Å². The average molecular weight is 193 g/mol. The van der Waals surface area contributed by atoms with Gasteiger partial charge in [0.2, 0.25) is 0 Å². The van der Waals surface area contributed by atoms with Crippen LogP contribution >= 0.6 is 0 Å². The molecule has 13 heavy (non-hydrogen) atoms. The summed E-state index contributed by atoms with van der Waals surface area (Å²) in [5.74, 6) is 0. The summed E-state index contributed by atoms with van der Waals surface area (Å²) in [6.07, 6.45) is -1.96. The Morgan fingerprint density at radius 2 is 2.08 bits per heavy atom. The molecule has 2 nitrogen and oxygen atoms in total. The Hall–Kier alpha value is -1.18. The van der Waals surface area contributed by atoms with Gasteiger partial charge in [-0.2, -0.15) is 18.4 Å². The predicted molar refractivity (Wildman–Crippen MR) is 40.4 cm³/mol. The first-order valence-electron chi connectivity index (χ1n) is 3.88. The molecule has 0 saturated heterocycles. The van der Waals surface area contributed by atoms with Crippen molar-refractivity contribution in [1.82, 2.24) is 0 Å². The lowest BCUT2D eigenvalue weighted by atomic mass is 10.2. The van der Waals surface area contributed by atoms with Gasteiger partial charge in [0.1, 0.15) is 6.07 Å². The Balaban J connectivity index is 4.00. The first-order valence-corrected chi connectivity index (χ1v) is 3.88. The van der Waals surface area contributed by atoms with E-state index in [1.807, 2.05) is 6.92 Å². The fraction of sp³-hybridized carbons (Fsp3) is 0.625. The van der Waals surface area contributed by atoms with Crippen LogP contribution in [-0.2, 0) is 4.74 Å². The van der Waals surface area contributed by atoms with Gasteiger partial charge in [-0.15, -0.1) is 0 Å². The zero-order valence-corrected chi connectivity index (χ0v) is 7.19. The van der Waals surface area contributed by atoms with Gasteiger partial charge >= 0.3 is 12.1 Å². The van der Waals surface area contributed by atoms with Gasteiger partial charge in [-0.25, -0.2) is 0 Å². The molecule has 0 aromatic heterocycles. The minimum Gasteiger partial charge on any atom is -0.448 e. The Bertz CT molecular complexity index is 218. The zero-order valence-electron chi connectivity index (χ0n) is 7.19. The Morgan fingerprint density at radius 3 is 2.46 bits per heavy atom.